The number of ether oxygens (including phenoxy) is 2. The number of carbonyl (C=O) groups is 1. The van der Waals surface area contributed by atoms with E-state index in [0.717, 1.165) is 26.3 Å². The molecule has 7 nitrogen and oxygen atoms in total. The molecule has 3 heterocycles. The van der Waals surface area contributed by atoms with Gasteiger partial charge in [-0.05, 0) is 6.92 Å². The number of nitrogens with zero attached hydrogens (tertiary/aromatic N) is 3. The van der Waals surface area contributed by atoms with Crippen molar-refractivity contribution in [2.75, 3.05) is 39.5 Å². The van der Waals surface area contributed by atoms with E-state index < -0.39 is 0 Å². The Hall–Kier alpha value is -1.15. The summed E-state index contributed by atoms with van der Waals surface area (Å²) >= 11 is 6.18. The van der Waals surface area contributed by atoms with E-state index in [1.165, 1.54) is 4.68 Å². The number of rotatable bonds is 3. The van der Waals surface area contributed by atoms with E-state index in [2.05, 4.69) is 15.3 Å². The molecule has 0 aromatic carbocycles. The van der Waals surface area contributed by atoms with Gasteiger partial charge in [0.2, 0.25) is 0 Å². The van der Waals surface area contributed by atoms with E-state index in [1.807, 2.05) is 0 Å². The van der Waals surface area contributed by atoms with Gasteiger partial charge in [0.05, 0.1) is 49.2 Å². The van der Waals surface area contributed by atoms with Crippen LogP contribution in [0.2, 0.25) is 5.02 Å². The molecule has 2 aliphatic rings. The van der Waals surface area contributed by atoms with Crippen LogP contribution in [-0.4, -0.2) is 72.2 Å². The van der Waals surface area contributed by atoms with Crippen molar-refractivity contribution >= 4 is 17.5 Å². The third kappa shape index (κ3) is 2.99. The number of amides is 1. The van der Waals surface area contributed by atoms with Gasteiger partial charge in [-0.2, -0.15) is 5.10 Å². The first-order chi connectivity index (χ1) is 10.6. The predicted octanol–water partition coefficient (Wildman–Crippen LogP) is 0.211. The van der Waals surface area contributed by atoms with Crippen LogP contribution >= 0.6 is 11.6 Å². The summed E-state index contributed by atoms with van der Waals surface area (Å²) in [5, 5.41) is 7.63. The summed E-state index contributed by atoms with van der Waals surface area (Å²) in [5.74, 6) is -0.207. The van der Waals surface area contributed by atoms with Gasteiger partial charge in [-0.25, -0.2) is 0 Å². The number of aromatic nitrogens is 2. The summed E-state index contributed by atoms with van der Waals surface area (Å²) in [6, 6.07) is 0.137. The Labute approximate surface area is 134 Å². The second kappa shape index (κ2) is 6.54. The van der Waals surface area contributed by atoms with Gasteiger partial charge >= 0.3 is 0 Å². The highest BCUT2D eigenvalue weighted by Crippen LogP contribution is 2.21. The summed E-state index contributed by atoms with van der Waals surface area (Å²) in [6.07, 6.45) is 0. The Morgan fingerprint density at radius 3 is 2.68 bits per heavy atom. The van der Waals surface area contributed by atoms with Crippen molar-refractivity contribution in [3.8, 4) is 0 Å². The molecule has 1 aromatic heterocycles. The summed E-state index contributed by atoms with van der Waals surface area (Å²) < 4.78 is 12.5. The zero-order valence-corrected chi connectivity index (χ0v) is 13.6. The SMILES string of the molecule is Cc1nn(C)c(C(=O)N[C@H]2COC[C@@H]2N2CCOCC2)c1Cl. The van der Waals surface area contributed by atoms with E-state index in [9.17, 15) is 4.79 Å². The maximum Gasteiger partial charge on any atom is 0.271 e. The Morgan fingerprint density at radius 1 is 1.32 bits per heavy atom. The molecule has 1 aromatic rings. The number of aryl methyl sites for hydroxylation is 2. The van der Waals surface area contributed by atoms with E-state index in [4.69, 9.17) is 21.1 Å². The molecule has 0 spiro atoms. The quantitative estimate of drug-likeness (QED) is 0.859. The molecule has 2 aliphatic heterocycles. The molecule has 2 atom stereocenters. The van der Waals surface area contributed by atoms with Crippen LogP contribution in [0.4, 0.5) is 0 Å². The van der Waals surface area contributed by atoms with Gasteiger partial charge in [0.1, 0.15) is 5.69 Å². The van der Waals surface area contributed by atoms with Crippen molar-refractivity contribution in [1.29, 1.82) is 0 Å². The number of carbonyl (C=O) groups excluding carboxylic acids is 1. The van der Waals surface area contributed by atoms with Gasteiger partial charge in [-0.15, -0.1) is 0 Å². The number of hydrogen-bond acceptors (Lipinski definition) is 5. The van der Waals surface area contributed by atoms with Crippen LogP contribution in [0.3, 0.4) is 0 Å². The lowest BCUT2D eigenvalue weighted by Gasteiger charge is -2.34. The molecule has 2 fully saturated rings. The Kier molecular flexibility index (Phi) is 4.67. The van der Waals surface area contributed by atoms with Crippen molar-refractivity contribution in [3.05, 3.63) is 16.4 Å². The largest absolute Gasteiger partial charge is 0.379 e. The lowest BCUT2D eigenvalue weighted by atomic mass is 10.1. The maximum atomic E-state index is 12.5. The molecule has 0 radical (unpaired) electrons. The molecule has 1 amide bonds. The minimum Gasteiger partial charge on any atom is -0.379 e. The van der Waals surface area contributed by atoms with Crippen LogP contribution in [0.1, 0.15) is 16.2 Å². The molecular weight excluding hydrogens is 308 g/mol. The third-order valence-corrected chi connectivity index (χ3v) is 4.70. The van der Waals surface area contributed by atoms with Crippen LogP contribution < -0.4 is 5.32 Å². The van der Waals surface area contributed by atoms with Gasteiger partial charge < -0.3 is 14.8 Å². The van der Waals surface area contributed by atoms with Crippen LogP contribution in [-0.2, 0) is 16.5 Å². The minimum absolute atomic E-state index is 0.0446. The molecular formula is C14H21ClN4O3. The van der Waals surface area contributed by atoms with Gasteiger partial charge in [0.15, 0.2) is 0 Å². The average Bonchev–Trinajstić information content (AvgIpc) is 3.05. The highest BCUT2D eigenvalue weighted by atomic mass is 35.5. The molecule has 0 aliphatic carbocycles. The third-order valence-electron chi connectivity index (χ3n) is 4.25. The number of nitrogens with one attached hydrogen (secondary N) is 1. The topological polar surface area (TPSA) is 68.6 Å². The fraction of sp³-hybridized carbons (Fsp3) is 0.714. The van der Waals surface area contributed by atoms with Crippen molar-refractivity contribution in [1.82, 2.24) is 20.0 Å². The number of morpholine rings is 1. The first-order valence-electron chi connectivity index (χ1n) is 7.47. The van der Waals surface area contributed by atoms with Crippen LogP contribution in [0.15, 0.2) is 0 Å². The van der Waals surface area contributed by atoms with E-state index in [0.29, 0.717) is 29.6 Å². The smallest absolute Gasteiger partial charge is 0.271 e. The minimum atomic E-state index is -0.207. The standard InChI is InChI=1S/C14H21ClN4O3/c1-9-12(15)13(18(2)17-9)14(20)16-10-7-22-8-11(10)19-3-5-21-6-4-19/h10-11H,3-8H2,1-2H3,(H,16,20)/t10-,11-/m0/s1. The fourth-order valence-electron chi connectivity index (χ4n) is 3.07. The van der Waals surface area contributed by atoms with Gasteiger partial charge in [0, 0.05) is 20.1 Å². The normalized spacial score (nSPS) is 26.3. The number of halogens is 1. The van der Waals surface area contributed by atoms with Crippen molar-refractivity contribution in [2.45, 2.75) is 19.0 Å². The molecule has 8 heteroatoms. The highest BCUT2D eigenvalue weighted by molar-refractivity contribution is 6.34. The summed E-state index contributed by atoms with van der Waals surface area (Å²) in [7, 11) is 1.72. The van der Waals surface area contributed by atoms with Crippen molar-refractivity contribution in [2.24, 2.45) is 7.05 Å². The Balaban J connectivity index is 1.70. The molecule has 0 bridgehead atoms. The first kappa shape index (κ1) is 15.7. The van der Waals surface area contributed by atoms with Gasteiger partial charge in [-0.1, -0.05) is 11.6 Å². The van der Waals surface area contributed by atoms with E-state index >= 15 is 0 Å². The lowest BCUT2D eigenvalue weighted by molar-refractivity contribution is 0.0108. The first-order valence-corrected chi connectivity index (χ1v) is 7.85. The Bertz CT molecular complexity index is 557. The van der Waals surface area contributed by atoms with E-state index in [-0.39, 0.29) is 18.0 Å². The average molecular weight is 329 g/mol. The fourth-order valence-corrected chi connectivity index (χ4v) is 3.31. The van der Waals surface area contributed by atoms with Crippen LogP contribution in [0, 0.1) is 6.92 Å². The van der Waals surface area contributed by atoms with Crippen molar-refractivity contribution < 1.29 is 14.3 Å². The molecule has 1 N–H and O–H groups in total. The van der Waals surface area contributed by atoms with Crippen molar-refractivity contribution in [3.63, 3.8) is 0 Å². The molecule has 2 saturated heterocycles. The van der Waals surface area contributed by atoms with Gasteiger partial charge in [-0.3, -0.25) is 14.4 Å². The highest BCUT2D eigenvalue weighted by Gasteiger charge is 2.35. The zero-order valence-electron chi connectivity index (χ0n) is 12.8. The zero-order chi connectivity index (χ0) is 15.7. The number of hydrogen-bond donors (Lipinski definition) is 1. The molecule has 0 unspecified atom stereocenters. The molecule has 3 rings (SSSR count). The van der Waals surface area contributed by atoms with Gasteiger partial charge in [0.25, 0.3) is 5.91 Å². The van der Waals surface area contributed by atoms with E-state index in [1.54, 1.807) is 14.0 Å². The summed E-state index contributed by atoms with van der Waals surface area (Å²) in [5.41, 5.74) is 1.05. The second-order valence-corrected chi connectivity index (χ2v) is 6.08. The van der Waals surface area contributed by atoms with Crippen LogP contribution in [0.25, 0.3) is 0 Å². The maximum absolute atomic E-state index is 12.5. The monoisotopic (exact) mass is 328 g/mol. The summed E-state index contributed by atoms with van der Waals surface area (Å²) in [4.78, 5) is 14.8. The molecule has 122 valence electrons. The van der Waals surface area contributed by atoms with Crippen LogP contribution in [0.5, 0.6) is 0 Å². The Morgan fingerprint density at radius 2 is 2.05 bits per heavy atom. The lowest BCUT2D eigenvalue weighted by Crippen LogP contribution is -2.54. The second-order valence-electron chi connectivity index (χ2n) is 5.70. The molecule has 22 heavy (non-hydrogen) atoms. The summed E-state index contributed by atoms with van der Waals surface area (Å²) in [6.45, 7) is 6.12. The molecule has 0 saturated carbocycles. The predicted molar refractivity (Wildman–Crippen MR) is 81.2 cm³/mol.